The van der Waals surface area contributed by atoms with Crippen LogP contribution < -0.4 is 0 Å². The number of unbranched alkanes of at least 4 members (excludes halogenated alkanes) is 4. The molecule has 0 aliphatic heterocycles. The first-order valence-corrected chi connectivity index (χ1v) is 14.1. The Morgan fingerprint density at radius 2 is 0.821 bits per heavy atom. The fourth-order valence-corrected chi connectivity index (χ4v) is 3.69. The smallest absolute Gasteiger partial charge is 0.383 e. The molecule has 0 aromatic carbocycles. The minimum absolute atomic E-state index is 0.173. The van der Waals surface area contributed by atoms with Crippen molar-refractivity contribution in [2.24, 2.45) is 0 Å². The van der Waals surface area contributed by atoms with Crippen molar-refractivity contribution in [3.8, 4) is 0 Å². The van der Waals surface area contributed by atoms with E-state index in [1.807, 2.05) is 0 Å². The van der Waals surface area contributed by atoms with Crippen LogP contribution in [0, 0.1) is 0 Å². The highest BCUT2D eigenvalue weighted by Gasteiger charge is 2.48. The molecule has 0 N–H and O–H groups in total. The number of methoxy groups -OCH3 is 2. The largest absolute Gasteiger partial charge is 0.404 e. The number of carbonyl (C=O) groups excluding carboxylic acids is 2. The van der Waals surface area contributed by atoms with E-state index in [9.17, 15) is 9.59 Å². The summed E-state index contributed by atoms with van der Waals surface area (Å²) in [6.07, 6.45) is 1.89. The van der Waals surface area contributed by atoms with Crippen LogP contribution in [0.25, 0.3) is 0 Å². The first-order chi connectivity index (χ1) is 18.8. The zero-order chi connectivity index (χ0) is 29.6. The summed E-state index contributed by atoms with van der Waals surface area (Å²) >= 11 is 0. The molecule has 2 atom stereocenters. The number of hydrogen-bond acceptors (Lipinski definition) is 12. The molecule has 0 rings (SSSR count). The summed E-state index contributed by atoms with van der Waals surface area (Å²) in [6.45, 7) is 12.5. The number of ether oxygens (including phenoxy) is 10. The Hall–Kier alpha value is -1.38. The van der Waals surface area contributed by atoms with E-state index in [1.165, 1.54) is 14.2 Å². The molecule has 232 valence electrons. The summed E-state index contributed by atoms with van der Waals surface area (Å²) in [5.41, 5.74) is 0. The molecule has 0 aromatic heterocycles. The maximum Gasteiger partial charge on any atom is 0.383 e. The topological polar surface area (TPSA) is 126 Å². The van der Waals surface area contributed by atoms with Crippen LogP contribution in [0.15, 0.2) is 0 Å². The van der Waals surface area contributed by atoms with Crippen molar-refractivity contribution >= 4 is 11.9 Å². The van der Waals surface area contributed by atoms with E-state index >= 15 is 0 Å². The van der Waals surface area contributed by atoms with Gasteiger partial charge in [0, 0.05) is 53.5 Å². The Bertz CT molecular complexity index is 570. The van der Waals surface area contributed by atoms with Crippen LogP contribution in [0.1, 0.15) is 86.5 Å². The van der Waals surface area contributed by atoms with E-state index in [-0.39, 0.29) is 26.1 Å². The van der Waals surface area contributed by atoms with E-state index in [1.54, 1.807) is 41.5 Å². The van der Waals surface area contributed by atoms with E-state index in [4.69, 9.17) is 47.4 Å². The zero-order valence-electron chi connectivity index (χ0n) is 25.2. The molecule has 12 heteroatoms. The average Bonchev–Trinajstić information content (AvgIpc) is 2.91. The van der Waals surface area contributed by atoms with Gasteiger partial charge in [0.1, 0.15) is 0 Å². The van der Waals surface area contributed by atoms with Crippen molar-refractivity contribution in [3.05, 3.63) is 0 Å². The summed E-state index contributed by atoms with van der Waals surface area (Å²) in [6, 6.07) is 0. The van der Waals surface area contributed by atoms with Crippen molar-refractivity contribution in [3.63, 3.8) is 0 Å². The number of rotatable bonds is 26. The molecule has 0 aliphatic carbocycles. The van der Waals surface area contributed by atoms with Crippen LogP contribution in [0.5, 0.6) is 0 Å². The quantitative estimate of drug-likeness (QED) is 0.0840. The van der Waals surface area contributed by atoms with Gasteiger partial charge in [0.25, 0.3) is 12.6 Å². The summed E-state index contributed by atoms with van der Waals surface area (Å²) in [5.74, 6) is -4.52. The molecule has 0 bridgehead atoms. The van der Waals surface area contributed by atoms with Crippen molar-refractivity contribution in [2.45, 2.75) is 111 Å². The predicted molar refractivity (Wildman–Crippen MR) is 141 cm³/mol. The van der Waals surface area contributed by atoms with Gasteiger partial charge in [-0.25, -0.2) is 0 Å². The first-order valence-electron chi connectivity index (χ1n) is 14.1. The third-order valence-electron chi connectivity index (χ3n) is 5.38. The van der Waals surface area contributed by atoms with Gasteiger partial charge in [0.05, 0.1) is 13.2 Å². The standard InChI is InChI=1S/C27H52O12/c1-9-32-24(33-10-2)26(30-7,36-13-5)38-22(28)20-18-16-15-17-19-21-23(29)39-27(31-8,37-14-6)25(34-11-3)35-12-4/h24-25H,9-21H2,1-8H3. The Balaban J connectivity index is 4.65. The van der Waals surface area contributed by atoms with Gasteiger partial charge in [-0.3, -0.25) is 9.59 Å². The summed E-state index contributed by atoms with van der Waals surface area (Å²) in [4.78, 5) is 25.1. The van der Waals surface area contributed by atoms with E-state index in [2.05, 4.69) is 0 Å². The lowest BCUT2D eigenvalue weighted by Crippen LogP contribution is -2.53. The maximum atomic E-state index is 12.5. The third-order valence-corrected chi connectivity index (χ3v) is 5.38. The molecule has 12 nitrogen and oxygen atoms in total. The van der Waals surface area contributed by atoms with Gasteiger partial charge in [0.15, 0.2) is 0 Å². The van der Waals surface area contributed by atoms with Crippen LogP contribution in [-0.4, -0.2) is 90.3 Å². The Morgan fingerprint density at radius 1 is 0.513 bits per heavy atom. The molecule has 0 aliphatic rings. The van der Waals surface area contributed by atoms with Gasteiger partial charge in [-0.1, -0.05) is 19.3 Å². The van der Waals surface area contributed by atoms with E-state index in [0.717, 1.165) is 19.3 Å². The van der Waals surface area contributed by atoms with Crippen LogP contribution in [0.3, 0.4) is 0 Å². The fourth-order valence-electron chi connectivity index (χ4n) is 3.69. The molecule has 2 unspecified atom stereocenters. The molecule has 0 amide bonds. The Labute approximate surface area is 234 Å². The van der Waals surface area contributed by atoms with Crippen LogP contribution in [-0.2, 0) is 57.0 Å². The van der Waals surface area contributed by atoms with Gasteiger partial charge in [-0.15, -0.1) is 0 Å². The SMILES string of the molecule is CCOC(OCC)C(OC)(OCC)OC(=O)CCCCCCCC(=O)OC(OC)(OCC)C(OCC)OCC. The molecule has 0 saturated heterocycles. The van der Waals surface area contributed by atoms with Crippen LogP contribution in [0.2, 0.25) is 0 Å². The molecule has 0 saturated carbocycles. The summed E-state index contributed by atoms with van der Waals surface area (Å²) in [7, 11) is 2.75. The molecule has 0 fully saturated rings. The Morgan fingerprint density at radius 3 is 1.08 bits per heavy atom. The number of carbonyl (C=O) groups is 2. The molecule has 0 radical (unpaired) electrons. The lowest BCUT2D eigenvalue weighted by molar-refractivity contribution is -0.433. The summed E-state index contributed by atoms with van der Waals surface area (Å²) in [5, 5.41) is 0. The molecule has 0 aromatic rings. The second kappa shape index (κ2) is 22.3. The highest BCUT2D eigenvalue weighted by atomic mass is 16.9. The lowest BCUT2D eigenvalue weighted by Gasteiger charge is -2.36. The number of esters is 2. The van der Waals surface area contributed by atoms with Gasteiger partial charge >= 0.3 is 23.9 Å². The second-order valence-corrected chi connectivity index (χ2v) is 8.18. The lowest BCUT2D eigenvalue weighted by atomic mass is 10.1. The van der Waals surface area contributed by atoms with Gasteiger partial charge in [-0.2, -0.15) is 0 Å². The van der Waals surface area contributed by atoms with Crippen molar-refractivity contribution in [2.75, 3.05) is 53.9 Å². The summed E-state index contributed by atoms with van der Waals surface area (Å²) < 4.78 is 55.3. The molecular weight excluding hydrogens is 516 g/mol. The first kappa shape index (κ1) is 37.6. The second-order valence-electron chi connectivity index (χ2n) is 8.18. The van der Waals surface area contributed by atoms with Crippen molar-refractivity contribution in [1.29, 1.82) is 0 Å². The highest BCUT2D eigenvalue weighted by molar-refractivity contribution is 5.70. The van der Waals surface area contributed by atoms with Gasteiger partial charge in [0.2, 0.25) is 0 Å². The minimum atomic E-state index is -1.78. The maximum absolute atomic E-state index is 12.5. The van der Waals surface area contributed by atoms with Gasteiger partial charge < -0.3 is 47.4 Å². The van der Waals surface area contributed by atoms with Gasteiger partial charge in [-0.05, 0) is 54.4 Å². The highest BCUT2D eigenvalue weighted by Crippen LogP contribution is 2.26. The van der Waals surface area contributed by atoms with E-state index in [0.29, 0.717) is 39.3 Å². The Kier molecular flexibility index (Phi) is 21.5. The molecule has 0 spiro atoms. The molecular formula is C27H52O12. The van der Waals surface area contributed by atoms with Crippen LogP contribution >= 0.6 is 0 Å². The molecule has 0 heterocycles. The number of hydrogen-bond donors (Lipinski definition) is 0. The fraction of sp³-hybridized carbons (Fsp3) is 0.926. The third kappa shape index (κ3) is 13.7. The van der Waals surface area contributed by atoms with Crippen LogP contribution in [0.4, 0.5) is 0 Å². The van der Waals surface area contributed by atoms with E-state index < -0.39 is 36.5 Å². The monoisotopic (exact) mass is 568 g/mol. The zero-order valence-corrected chi connectivity index (χ0v) is 25.2. The minimum Gasteiger partial charge on any atom is -0.404 e. The van der Waals surface area contributed by atoms with Crippen molar-refractivity contribution in [1.82, 2.24) is 0 Å². The average molecular weight is 569 g/mol. The predicted octanol–water partition coefficient (Wildman–Crippen LogP) is 4.28. The van der Waals surface area contributed by atoms with Crippen molar-refractivity contribution < 1.29 is 57.0 Å². The molecule has 39 heavy (non-hydrogen) atoms. The normalized spacial score (nSPS) is 14.8.